The Morgan fingerprint density at radius 1 is 1.32 bits per heavy atom. The summed E-state index contributed by atoms with van der Waals surface area (Å²) in [6.07, 6.45) is 3.40. The number of hydrogen-bond donors (Lipinski definition) is 2. The number of hydrogen-bond acceptors (Lipinski definition) is 4. The van der Waals surface area contributed by atoms with Crippen LogP contribution in [0.15, 0.2) is 36.9 Å². The summed E-state index contributed by atoms with van der Waals surface area (Å²) in [4.78, 5) is 39.1. The molecule has 0 unspecified atom stereocenters. The summed E-state index contributed by atoms with van der Waals surface area (Å²) >= 11 is 0. The molecule has 1 fully saturated rings. The minimum Gasteiger partial charge on any atom is -0.497 e. The largest absolute Gasteiger partial charge is 0.497 e. The van der Waals surface area contributed by atoms with E-state index in [1.165, 1.54) is 7.11 Å². The average Bonchev–Trinajstić information content (AvgIpc) is 2.75. The Balaban J connectivity index is 2.11. The molecule has 1 atom stereocenters. The fourth-order valence-corrected chi connectivity index (χ4v) is 3.37. The summed E-state index contributed by atoms with van der Waals surface area (Å²) in [5.74, 6) is 0.0830. The minimum atomic E-state index is -0.669. The monoisotopic (exact) mass is 387 g/mol. The lowest BCUT2D eigenvalue weighted by atomic mass is 9.88. The predicted octanol–water partition coefficient (Wildman–Crippen LogP) is 1.74. The van der Waals surface area contributed by atoms with Crippen LogP contribution in [0.4, 0.5) is 0 Å². The Bertz CT molecular complexity index is 711. The lowest BCUT2D eigenvalue weighted by Crippen LogP contribution is -2.53. The van der Waals surface area contributed by atoms with Crippen molar-refractivity contribution in [1.29, 1.82) is 0 Å². The van der Waals surface area contributed by atoms with Crippen molar-refractivity contribution < 1.29 is 19.1 Å². The number of rotatable bonds is 8. The number of ether oxygens (including phenoxy) is 1. The number of methoxy groups -OCH3 is 1. The Morgan fingerprint density at radius 3 is 2.64 bits per heavy atom. The second kappa shape index (κ2) is 10.5. The highest BCUT2D eigenvalue weighted by atomic mass is 16.5. The molecule has 0 aromatic heterocycles. The molecule has 1 saturated heterocycles. The molecule has 1 aromatic carbocycles. The lowest BCUT2D eigenvalue weighted by molar-refractivity contribution is -0.132. The van der Waals surface area contributed by atoms with E-state index in [1.54, 1.807) is 30.3 Å². The number of benzene rings is 1. The standard InChI is InChI=1S/C21H29N3O4/c1-4-11-22-21(27)19(15-9-12-24(13-10-15)18(25)5-2)23-20(26)16-7-6-8-17(14-16)28-3/h4,6-8,14-15,19H,1,5,9-13H2,2-3H3,(H,22,27)(H,23,26)/t19-/m0/s1. The van der Waals surface area contributed by atoms with Crippen molar-refractivity contribution in [3.63, 3.8) is 0 Å². The zero-order valence-corrected chi connectivity index (χ0v) is 16.6. The van der Waals surface area contributed by atoms with E-state index < -0.39 is 6.04 Å². The molecule has 1 aliphatic heterocycles. The van der Waals surface area contributed by atoms with E-state index in [9.17, 15) is 14.4 Å². The highest BCUT2D eigenvalue weighted by Gasteiger charge is 2.33. The summed E-state index contributed by atoms with van der Waals surface area (Å²) in [5.41, 5.74) is 0.430. The highest BCUT2D eigenvalue weighted by Crippen LogP contribution is 2.22. The molecular formula is C21H29N3O4. The molecule has 2 rings (SSSR count). The molecule has 0 bridgehead atoms. The summed E-state index contributed by atoms with van der Waals surface area (Å²) in [7, 11) is 1.54. The van der Waals surface area contributed by atoms with E-state index in [0.29, 0.717) is 50.2 Å². The van der Waals surface area contributed by atoms with Crippen molar-refractivity contribution in [1.82, 2.24) is 15.5 Å². The van der Waals surface area contributed by atoms with Crippen LogP contribution in [0.5, 0.6) is 5.75 Å². The zero-order valence-electron chi connectivity index (χ0n) is 16.6. The van der Waals surface area contributed by atoms with E-state index >= 15 is 0 Å². The first-order valence-electron chi connectivity index (χ1n) is 9.61. The number of nitrogens with zero attached hydrogens (tertiary/aromatic N) is 1. The van der Waals surface area contributed by atoms with Crippen LogP contribution >= 0.6 is 0 Å². The van der Waals surface area contributed by atoms with Gasteiger partial charge in [-0.05, 0) is 37.0 Å². The van der Waals surface area contributed by atoms with Gasteiger partial charge in [0, 0.05) is 31.6 Å². The predicted molar refractivity (Wildman–Crippen MR) is 107 cm³/mol. The van der Waals surface area contributed by atoms with Crippen LogP contribution in [-0.2, 0) is 9.59 Å². The molecule has 2 N–H and O–H groups in total. The van der Waals surface area contributed by atoms with E-state index in [0.717, 1.165) is 0 Å². The quantitative estimate of drug-likeness (QED) is 0.665. The van der Waals surface area contributed by atoms with E-state index in [4.69, 9.17) is 4.74 Å². The fraction of sp³-hybridized carbons (Fsp3) is 0.476. The number of amides is 3. The van der Waals surface area contributed by atoms with Gasteiger partial charge in [0.1, 0.15) is 11.8 Å². The summed E-state index contributed by atoms with van der Waals surface area (Å²) in [5, 5.41) is 5.65. The van der Waals surface area contributed by atoms with Crippen LogP contribution in [0.25, 0.3) is 0 Å². The van der Waals surface area contributed by atoms with Gasteiger partial charge in [-0.1, -0.05) is 19.1 Å². The Kier molecular flexibility index (Phi) is 8.04. The molecule has 152 valence electrons. The third-order valence-electron chi connectivity index (χ3n) is 4.99. The van der Waals surface area contributed by atoms with Crippen molar-refractivity contribution in [2.75, 3.05) is 26.7 Å². The molecule has 0 saturated carbocycles. The van der Waals surface area contributed by atoms with E-state index in [-0.39, 0.29) is 23.6 Å². The smallest absolute Gasteiger partial charge is 0.252 e. The SMILES string of the molecule is C=CCNC(=O)[C@@H](NC(=O)c1cccc(OC)c1)C1CCN(C(=O)CC)CC1. The maximum absolute atomic E-state index is 12.7. The fourth-order valence-electron chi connectivity index (χ4n) is 3.37. The number of carbonyl (C=O) groups is 3. The van der Waals surface area contributed by atoms with Gasteiger partial charge in [0.15, 0.2) is 0 Å². The van der Waals surface area contributed by atoms with Crippen LogP contribution in [0, 0.1) is 5.92 Å². The van der Waals surface area contributed by atoms with Gasteiger partial charge in [-0.15, -0.1) is 6.58 Å². The molecule has 28 heavy (non-hydrogen) atoms. The molecule has 7 heteroatoms. The van der Waals surface area contributed by atoms with Crippen LogP contribution < -0.4 is 15.4 Å². The summed E-state index contributed by atoms with van der Waals surface area (Å²) < 4.78 is 5.16. The second-order valence-corrected chi connectivity index (χ2v) is 6.79. The first kappa shape index (κ1) is 21.5. The van der Waals surface area contributed by atoms with Gasteiger partial charge in [-0.2, -0.15) is 0 Å². The second-order valence-electron chi connectivity index (χ2n) is 6.79. The van der Waals surface area contributed by atoms with E-state index in [2.05, 4.69) is 17.2 Å². The highest BCUT2D eigenvalue weighted by molar-refractivity contribution is 5.98. The van der Waals surface area contributed by atoms with Crippen molar-refractivity contribution in [2.24, 2.45) is 5.92 Å². The maximum Gasteiger partial charge on any atom is 0.252 e. The molecule has 0 aliphatic carbocycles. The molecule has 7 nitrogen and oxygen atoms in total. The first-order chi connectivity index (χ1) is 13.5. The van der Waals surface area contributed by atoms with Crippen molar-refractivity contribution in [3.05, 3.63) is 42.5 Å². The molecule has 0 radical (unpaired) electrons. The number of likely N-dealkylation sites (tertiary alicyclic amines) is 1. The summed E-state index contributed by atoms with van der Waals surface area (Å²) in [6.45, 7) is 6.97. The van der Waals surface area contributed by atoms with Gasteiger partial charge >= 0.3 is 0 Å². The van der Waals surface area contributed by atoms with Crippen molar-refractivity contribution >= 4 is 17.7 Å². The Morgan fingerprint density at radius 2 is 2.04 bits per heavy atom. The normalized spacial score (nSPS) is 15.4. The molecule has 0 spiro atoms. The third-order valence-corrected chi connectivity index (χ3v) is 4.99. The number of carbonyl (C=O) groups excluding carboxylic acids is 3. The Hall–Kier alpha value is -2.83. The van der Waals surface area contributed by atoms with Crippen LogP contribution in [-0.4, -0.2) is 55.4 Å². The number of piperidine rings is 1. The first-order valence-corrected chi connectivity index (χ1v) is 9.61. The third kappa shape index (κ3) is 5.58. The average molecular weight is 387 g/mol. The van der Waals surface area contributed by atoms with Crippen LogP contribution in [0.3, 0.4) is 0 Å². The van der Waals surface area contributed by atoms with Gasteiger partial charge in [-0.3, -0.25) is 14.4 Å². The van der Waals surface area contributed by atoms with Gasteiger partial charge in [0.25, 0.3) is 5.91 Å². The van der Waals surface area contributed by atoms with Gasteiger partial charge in [0.05, 0.1) is 7.11 Å². The Labute approximate surface area is 166 Å². The van der Waals surface area contributed by atoms with Crippen molar-refractivity contribution in [2.45, 2.75) is 32.2 Å². The van der Waals surface area contributed by atoms with E-state index in [1.807, 2.05) is 11.8 Å². The number of nitrogens with one attached hydrogen (secondary N) is 2. The molecule has 1 heterocycles. The molecule has 3 amide bonds. The minimum absolute atomic E-state index is 0.0414. The van der Waals surface area contributed by atoms with Crippen LogP contribution in [0.2, 0.25) is 0 Å². The maximum atomic E-state index is 12.7. The summed E-state index contributed by atoms with van der Waals surface area (Å²) in [6, 6.07) is 6.13. The molecular weight excluding hydrogens is 358 g/mol. The lowest BCUT2D eigenvalue weighted by Gasteiger charge is -2.35. The van der Waals surface area contributed by atoms with Gasteiger partial charge in [-0.25, -0.2) is 0 Å². The molecule has 1 aliphatic rings. The van der Waals surface area contributed by atoms with Crippen molar-refractivity contribution in [3.8, 4) is 5.75 Å². The van der Waals surface area contributed by atoms with Gasteiger partial charge in [0.2, 0.25) is 11.8 Å². The van der Waals surface area contributed by atoms with Crippen LogP contribution in [0.1, 0.15) is 36.5 Å². The molecule has 1 aromatic rings. The zero-order chi connectivity index (χ0) is 20.5. The van der Waals surface area contributed by atoms with Gasteiger partial charge < -0.3 is 20.3 Å². The topological polar surface area (TPSA) is 87.7 Å².